The first-order valence-electron chi connectivity index (χ1n) is 8.31. The summed E-state index contributed by atoms with van der Waals surface area (Å²) in [7, 11) is 3.07. The molecule has 1 heterocycles. The zero-order valence-electron chi connectivity index (χ0n) is 14.0. The van der Waals surface area contributed by atoms with Crippen molar-refractivity contribution in [2.24, 2.45) is 0 Å². The first-order valence-corrected chi connectivity index (χ1v) is 8.31. The van der Waals surface area contributed by atoms with Crippen molar-refractivity contribution in [3.8, 4) is 0 Å². The first-order chi connectivity index (χ1) is 11.6. The summed E-state index contributed by atoms with van der Waals surface area (Å²) in [5.41, 5.74) is 1.17. The van der Waals surface area contributed by atoms with Crippen LogP contribution >= 0.6 is 0 Å². The van der Waals surface area contributed by atoms with E-state index < -0.39 is 11.0 Å². The minimum Gasteiger partial charge on any atom is -0.497 e. The van der Waals surface area contributed by atoms with Gasteiger partial charge in [0.15, 0.2) is 0 Å². The van der Waals surface area contributed by atoms with E-state index in [1.54, 1.807) is 12.0 Å². The molecule has 1 aromatic rings. The van der Waals surface area contributed by atoms with Crippen LogP contribution in [0.1, 0.15) is 30.4 Å². The quantitative estimate of drug-likeness (QED) is 0.796. The Morgan fingerprint density at radius 1 is 1.17 bits per heavy atom. The van der Waals surface area contributed by atoms with Gasteiger partial charge in [-0.3, -0.25) is 9.59 Å². The first kappa shape index (κ1) is 15.2. The number of hydrogen-bond donors (Lipinski definition) is 0. The molecule has 3 aliphatic rings. The number of rotatable bonds is 3. The minimum absolute atomic E-state index is 0.118. The van der Waals surface area contributed by atoms with Gasteiger partial charge in [-0.15, -0.1) is 0 Å². The molecule has 0 aromatic heterocycles. The number of benzene rings is 1. The fourth-order valence-corrected chi connectivity index (χ4v) is 5.22. The van der Waals surface area contributed by atoms with Crippen LogP contribution in [0.2, 0.25) is 0 Å². The van der Waals surface area contributed by atoms with Crippen LogP contribution in [0.15, 0.2) is 35.8 Å². The molecule has 1 aliphatic heterocycles. The van der Waals surface area contributed by atoms with Crippen molar-refractivity contribution < 1.29 is 19.1 Å². The van der Waals surface area contributed by atoms with Crippen molar-refractivity contribution in [1.82, 2.24) is 4.90 Å². The van der Waals surface area contributed by atoms with Gasteiger partial charge in [0, 0.05) is 18.4 Å². The van der Waals surface area contributed by atoms with E-state index in [2.05, 4.69) is 12.1 Å². The molecule has 0 saturated carbocycles. The van der Waals surface area contributed by atoms with Crippen LogP contribution in [-0.2, 0) is 30.9 Å². The van der Waals surface area contributed by atoms with Crippen molar-refractivity contribution in [3.63, 3.8) is 0 Å². The van der Waals surface area contributed by atoms with Crippen LogP contribution in [0, 0.1) is 0 Å². The Hall–Kier alpha value is -2.30. The topological polar surface area (TPSA) is 55.8 Å². The molecule has 24 heavy (non-hydrogen) atoms. The molecule has 0 spiro atoms. The Labute approximate surface area is 141 Å². The van der Waals surface area contributed by atoms with Gasteiger partial charge in [0.2, 0.25) is 18.0 Å². The number of hydrogen-bond acceptors (Lipinski definition) is 4. The van der Waals surface area contributed by atoms with E-state index in [0.29, 0.717) is 25.1 Å². The van der Waals surface area contributed by atoms with Gasteiger partial charge >= 0.3 is 0 Å². The highest BCUT2D eigenvalue weighted by molar-refractivity contribution is 6.06. The highest BCUT2D eigenvalue weighted by Gasteiger charge is 2.69. The summed E-state index contributed by atoms with van der Waals surface area (Å²) in [6.45, 7) is 0.581. The Morgan fingerprint density at radius 3 is 2.67 bits per heavy atom. The van der Waals surface area contributed by atoms with Crippen molar-refractivity contribution in [3.05, 3.63) is 46.9 Å². The Bertz CT molecular complexity index is 755. The van der Waals surface area contributed by atoms with Crippen molar-refractivity contribution in [1.29, 1.82) is 0 Å². The Balaban J connectivity index is 2.02. The van der Waals surface area contributed by atoms with Crippen LogP contribution in [0.5, 0.6) is 0 Å². The molecule has 0 N–H and O–H groups in total. The number of Topliss-reactive ketones (excluding diaryl/α,β-unsaturated/α-hetero) is 1. The molecule has 0 bridgehead atoms. The summed E-state index contributed by atoms with van der Waals surface area (Å²) in [4.78, 5) is 27.0. The molecular weight excluding hydrogens is 306 g/mol. The fourth-order valence-electron chi connectivity index (χ4n) is 5.22. The number of ether oxygens (including phenoxy) is 2. The third-order valence-corrected chi connectivity index (χ3v) is 6.23. The number of allylic oxidation sites excluding steroid dienone is 1. The lowest BCUT2D eigenvalue weighted by molar-refractivity contribution is -0.142. The maximum Gasteiger partial charge on any atom is 0.227 e. The predicted molar refractivity (Wildman–Crippen MR) is 87.2 cm³/mol. The standard InChI is InChI=1S/C19H21NO4/c1-23-15-11-18-9-10-20(12-21)19(18,17(22)16(15)24-2)8-7-13-5-3-4-6-14(13)18/h3-6,12H,7-11H2,1-2H3/t18-,19+/m0/s1. The molecular formula is C19H21NO4. The number of fused-ring (bicyclic) bond motifs is 1. The second kappa shape index (κ2) is 5.10. The third-order valence-electron chi connectivity index (χ3n) is 6.23. The van der Waals surface area contributed by atoms with Gasteiger partial charge in [0.1, 0.15) is 11.3 Å². The average molecular weight is 327 g/mol. The number of carbonyl (C=O) groups is 2. The van der Waals surface area contributed by atoms with Gasteiger partial charge in [-0.25, -0.2) is 0 Å². The number of amides is 1. The Morgan fingerprint density at radius 2 is 1.96 bits per heavy atom. The highest BCUT2D eigenvalue weighted by Crippen LogP contribution is 2.60. The number of likely N-dealkylation sites (tertiary alicyclic amines) is 1. The van der Waals surface area contributed by atoms with Crippen LogP contribution in [0.25, 0.3) is 0 Å². The number of nitrogens with zero attached hydrogens (tertiary/aromatic N) is 1. The average Bonchev–Trinajstić information content (AvgIpc) is 2.97. The summed E-state index contributed by atoms with van der Waals surface area (Å²) in [6.07, 6.45) is 3.59. The number of ketones is 1. The van der Waals surface area contributed by atoms with Crippen LogP contribution < -0.4 is 0 Å². The summed E-state index contributed by atoms with van der Waals surface area (Å²) in [6, 6.07) is 8.28. The van der Waals surface area contributed by atoms with Gasteiger partial charge in [0.25, 0.3) is 0 Å². The van der Waals surface area contributed by atoms with Crippen LogP contribution in [0.4, 0.5) is 0 Å². The molecule has 0 radical (unpaired) electrons. The second-order valence-electron chi connectivity index (χ2n) is 6.81. The van der Waals surface area contributed by atoms with E-state index in [9.17, 15) is 9.59 Å². The summed E-state index contributed by atoms with van der Waals surface area (Å²) in [5, 5.41) is 0. The lowest BCUT2D eigenvalue weighted by Crippen LogP contribution is -2.65. The molecule has 1 saturated heterocycles. The lowest BCUT2D eigenvalue weighted by atomic mass is 9.53. The summed E-state index contributed by atoms with van der Waals surface area (Å²) in [5.74, 6) is 0.732. The largest absolute Gasteiger partial charge is 0.497 e. The molecule has 1 amide bonds. The third kappa shape index (κ3) is 1.55. The molecule has 1 aromatic carbocycles. The van der Waals surface area contributed by atoms with E-state index in [1.165, 1.54) is 18.2 Å². The van der Waals surface area contributed by atoms with E-state index in [1.807, 2.05) is 12.1 Å². The molecule has 0 unspecified atom stereocenters. The minimum atomic E-state index is -0.851. The second-order valence-corrected chi connectivity index (χ2v) is 6.81. The highest BCUT2D eigenvalue weighted by atomic mass is 16.5. The van der Waals surface area contributed by atoms with Crippen LogP contribution in [-0.4, -0.2) is 43.4 Å². The van der Waals surface area contributed by atoms with Crippen LogP contribution in [0.3, 0.4) is 0 Å². The summed E-state index contributed by atoms with van der Waals surface area (Å²) >= 11 is 0. The number of carbonyl (C=O) groups excluding carboxylic acids is 2. The van der Waals surface area contributed by atoms with Crippen molar-refractivity contribution >= 4 is 12.2 Å². The maximum atomic E-state index is 13.5. The van der Waals surface area contributed by atoms with Gasteiger partial charge < -0.3 is 14.4 Å². The molecule has 2 aliphatic carbocycles. The van der Waals surface area contributed by atoms with E-state index in [0.717, 1.165) is 19.3 Å². The molecule has 5 heteroatoms. The SMILES string of the molecule is COC1=C(OC)C(=O)[C@]23CCc4ccccc4[C@]2(CCN3C=O)C1. The van der Waals surface area contributed by atoms with Gasteiger partial charge in [-0.1, -0.05) is 24.3 Å². The van der Waals surface area contributed by atoms with E-state index in [4.69, 9.17) is 9.47 Å². The van der Waals surface area contributed by atoms with Gasteiger partial charge in [-0.2, -0.15) is 0 Å². The Kier molecular flexibility index (Phi) is 3.24. The summed E-state index contributed by atoms with van der Waals surface area (Å²) < 4.78 is 10.9. The molecule has 4 rings (SSSR count). The predicted octanol–water partition coefficient (Wildman–Crippen LogP) is 1.95. The monoisotopic (exact) mass is 327 g/mol. The zero-order valence-corrected chi connectivity index (χ0v) is 14.0. The smallest absolute Gasteiger partial charge is 0.227 e. The molecule has 5 nitrogen and oxygen atoms in total. The van der Waals surface area contributed by atoms with Crippen molar-refractivity contribution in [2.75, 3.05) is 20.8 Å². The zero-order chi connectivity index (χ0) is 16.9. The van der Waals surface area contributed by atoms with Crippen molar-refractivity contribution in [2.45, 2.75) is 36.6 Å². The number of methoxy groups -OCH3 is 2. The lowest BCUT2D eigenvalue weighted by Gasteiger charge is -2.53. The molecule has 126 valence electrons. The number of aryl methyl sites for hydroxylation is 1. The molecule has 1 fully saturated rings. The van der Waals surface area contributed by atoms with E-state index >= 15 is 0 Å². The van der Waals surface area contributed by atoms with Gasteiger partial charge in [-0.05, 0) is 30.4 Å². The van der Waals surface area contributed by atoms with Gasteiger partial charge in [0.05, 0.1) is 14.2 Å². The maximum absolute atomic E-state index is 13.5. The van der Waals surface area contributed by atoms with E-state index in [-0.39, 0.29) is 11.5 Å². The molecule has 2 atom stereocenters. The fraction of sp³-hybridized carbons (Fsp3) is 0.474. The normalized spacial score (nSPS) is 31.2.